The molecule has 2 N–H and O–H groups in total. The first-order valence-electron chi connectivity index (χ1n) is 7.40. The Morgan fingerprint density at radius 1 is 1.35 bits per heavy atom. The van der Waals surface area contributed by atoms with Crippen molar-refractivity contribution in [2.75, 3.05) is 12.4 Å². The van der Waals surface area contributed by atoms with E-state index in [1.807, 2.05) is 6.92 Å². The zero-order valence-corrected chi connectivity index (χ0v) is 12.7. The highest BCUT2D eigenvalue weighted by atomic mass is 32.2. The maximum Gasteiger partial charge on any atom is 0.321 e. The Morgan fingerprint density at radius 2 is 2.05 bits per heavy atom. The number of thioether (sulfide) groups is 1. The third-order valence-electron chi connectivity index (χ3n) is 4.15. The summed E-state index contributed by atoms with van der Waals surface area (Å²) in [6.07, 6.45) is 5.62. The van der Waals surface area contributed by atoms with Crippen molar-refractivity contribution in [3.8, 4) is 0 Å². The van der Waals surface area contributed by atoms with Crippen LogP contribution in [0, 0.1) is 11.8 Å². The van der Waals surface area contributed by atoms with E-state index >= 15 is 0 Å². The highest BCUT2D eigenvalue weighted by Gasteiger charge is 2.42. The van der Waals surface area contributed by atoms with Crippen LogP contribution in [0.1, 0.15) is 39.0 Å². The van der Waals surface area contributed by atoms with Gasteiger partial charge in [0.05, 0.1) is 17.9 Å². The Kier molecular flexibility index (Phi) is 5.72. The molecule has 1 saturated heterocycles. The third-order valence-corrected chi connectivity index (χ3v) is 5.46. The van der Waals surface area contributed by atoms with Crippen LogP contribution in [0.4, 0.5) is 0 Å². The highest BCUT2D eigenvalue weighted by Crippen LogP contribution is 2.38. The molecule has 3 atom stereocenters. The zero-order valence-electron chi connectivity index (χ0n) is 11.8. The SMILES string of the molecule is CCOC(=O)C(C1CCCCC1)C1NC(C(=O)O)CS1. The van der Waals surface area contributed by atoms with E-state index in [-0.39, 0.29) is 17.3 Å². The quantitative estimate of drug-likeness (QED) is 0.755. The minimum absolute atomic E-state index is 0.127. The fraction of sp³-hybridized carbons (Fsp3) is 0.857. The average molecular weight is 301 g/mol. The number of aliphatic carboxylic acids is 1. The van der Waals surface area contributed by atoms with Gasteiger partial charge in [-0.25, -0.2) is 0 Å². The number of esters is 1. The molecule has 5 nitrogen and oxygen atoms in total. The van der Waals surface area contributed by atoms with Crippen molar-refractivity contribution in [3.05, 3.63) is 0 Å². The van der Waals surface area contributed by atoms with Crippen LogP contribution in [0.3, 0.4) is 0 Å². The smallest absolute Gasteiger partial charge is 0.321 e. The molecular weight excluding hydrogens is 278 g/mol. The lowest BCUT2D eigenvalue weighted by Gasteiger charge is -2.32. The van der Waals surface area contributed by atoms with Gasteiger partial charge in [-0.2, -0.15) is 0 Å². The summed E-state index contributed by atoms with van der Waals surface area (Å²) in [4.78, 5) is 23.3. The zero-order chi connectivity index (χ0) is 14.5. The van der Waals surface area contributed by atoms with Crippen molar-refractivity contribution in [1.82, 2.24) is 5.32 Å². The molecule has 0 aromatic heterocycles. The second-order valence-corrected chi connectivity index (χ2v) is 6.66. The van der Waals surface area contributed by atoms with E-state index in [4.69, 9.17) is 9.84 Å². The maximum absolute atomic E-state index is 12.3. The van der Waals surface area contributed by atoms with E-state index in [1.54, 1.807) is 11.8 Å². The highest BCUT2D eigenvalue weighted by molar-refractivity contribution is 8.00. The summed E-state index contributed by atoms with van der Waals surface area (Å²) in [5.41, 5.74) is 0. The number of nitrogens with one attached hydrogen (secondary N) is 1. The molecule has 1 aliphatic carbocycles. The Balaban J connectivity index is 2.05. The van der Waals surface area contributed by atoms with E-state index in [2.05, 4.69) is 5.32 Å². The van der Waals surface area contributed by atoms with Crippen molar-refractivity contribution in [2.24, 2.45) is 11.8 Å². The van der Waals surface area contributed by atoms with Gasteiger partial charge in [0, 0.05) is 5.75 Å². The van der Waals surface area contributed by atoms with Crippen molar-refractivity contribution >= 4 is 23.7 Å². The number of carbonyl (C=O) groups is 2. The lowest BCUT2D eigenvalue weighted by Crippen LogP contribution is -2.45. The molecule has 0 aromatic carbocycles. The van der Waals surface area contributed by atoms with Crippen molar-refractivity contribution in [1.29, 1.82) is 0 Å². The summed E-state index contributed by atoms with van der Waals surface area (Å²) >= 11 is 1.54. The van der Waals surface area contributed by atoms with Gasteiger partial charge in [0.15, 0.2) is 0 Å². The fourth-order valence-electron chi connectivity index (χ4n) is 3.14. The molecule has 0 aromatic rings. The largest absolute Gasteiger partial charge is 0.480 e. The Hall–Kier alpha value is -0.750. The Labute approximate surface area is 123 Å². The monoisotopic (exact) mass is 301 g/mol. The summed E-state index contributed by atoms with van der Waals surface area (Å²) in [6.45, 7) is 2.19. The summed E-state index contributed by atoms with van der Waals surface area (Å²) in [5.74, 6) is -0.394. The van der Waals surface area contributed by atoms with Crippen LogP contribution in [0.5, 0.6) is 0 Å². The van der Waals surface area contributed by atoms with Crippen molar-refractivity contribution in [3.63, 3.8) is 0 Å². The molecule has 2 fully saturated rings. The third kappa shape index (κ3) is 3.67. The van der Waals surface area contributed by atoms with Gasteiger partial charge in [-0.1, -0.05) is 19.3 Å². The van der Waals surface area contributed by atoms with E-state index in [0.717, 1.165) is 25.7 Å². The van der Waals surface area contributed by atoms with Gasteiger partial charge in [0.25, 0.3) is 0 Å². The Bertz CT molecular complexity index is 357. The molecule has 6 heteroatoms. The fourth-order valence-corrected chi connectivity index (χ4v) is 4.58. The van der Waals surface area contributed by atoms with E-state index < -0.39 is 12.0 Å². The second-order valence-electron chi connectivity index (χ2n) is 5.49. The first-order valence-corrected chi connectivity index (χ1v) is 8.45. The molecular formula is C14H23NO4S. The average Bonchev–Trinajstić information content (AvgIpc) is 2.90. The Morgan fingerprint density at radius 3 is 2.60 bits per heavy atom. The molecule has 114 valence electrons. The number of rotatable bonds is 5. The molecule has 3 unspecified atom stereocenters. The van der Waals surface area contributed by atoms with Crippen LogP contribution < -0.4 is 5.32 Å². The van der Waals surface area contributed by atoms with E-state index in [9.17, 15) is 9.59 Å². The van der Waals surface area contributed by atoms with Crippen molar-refractivity contribution in [2.45, 2.75) is 50.4 Å². The van der Waals surface area contributed by atoms with Crippen LogP contribution in [-0.4, -0.2) is 40.8 Å². The summed E-state index contributed by atoms with van der Waals surface area (Å²) in [6, 6.07) is -0.550. The number of carbonyl (C=O) groups excluding carboxylic acids is 1. The second kappa shape index (κ2) is 7.31. The summed E-state index contributed by atoms with van der Waals surface area (Å²) < 4.78 is 5.23. The van der Waals surface area contributed by atoms with Gasteiger partial charge in [-0.05, 0) is 25.7 Å². The molecule has 2 rings (SSSR count). The number of hydrogen-bond donors (Lipinski definition) is 2. The number of carboxylic acid groups (broad SMARTS) is 1. The lowest BCUT2D eigenvalue weighted by atomic mass is 9.79. The van der Waals surface area contributed by atoms with Gasteiger partial charge in [0.1, 0.15) is 6.04 Å². The van der Waals surface area contributed by atoms with Crippen LogP contribution in [-0.2, 0) is 14.3 Å². The predicted molar refractivity (Wildman–Crippen MR) is 77.5 cm³/mol. The lowest BCUT2D eigenvalue weighted by molar-refractivity contribution is -0.151. The van der Waals surface area contributed by atoms with Crippen LogP contribution in [0.15, 0.2) is 0 Å². The minimum atomic E-state index is -0.841. The van der Waals surface area contributed by atoms with Gasteiger partial charge >= 0.3 is 11.9 Å². The van der Waals surface area contributed by atoms with Gasteiger partial charge in [-0.3, -0.25) is 14.9 Å². The van der Waals surface area contributed by atoms with Gasteiger partial charge in [-0.15, -0.1) is 11.8 Å². The maximum atomic E-state index is 12.3. The van der Waals surface area contributed by atoms with E-state index in [0.29, 0.717) is 18.3 Å². The van der Waals surface area contributed by atoms with E-state index in [1.165, 1.54) is 6.42 Å². The normalized spacial score (nSPS) is 29.1. The standard InChI is InChI=1S/C14H23NO4S/c1-2-19-14(18)11(9-6-4-3-5-7-9)12-15-10(8-20-12)13(16)17/h9-12,15H,2-8H2,1H3,(H,16,17). The molecule has 1 saturated carbocycles. The molecule has 1 aliphatic heterocycles. The predicted octanol–water partition coefficient (Wildman–Crippen LogP) is 1.86. The molecule has 0 spiro atoms. The number of carboxylic acids is 1. The first kappa shape index (κ1) is 15.6. The topological polar surface area (TPSA) is 75.6 Å². The molecule has 20 heavy (non-hydrogen) atoms. The van der Waals surface area contributed by atoms with Crippen molar-refractivity contribution < 1.29 is 19.4 Å². The summed E-state index contributed by atoms with van der Waals surface area (Å²) in [5, 5.41) is 12.0. The van der Waals surface area contributed by atoms with Crippen LogP contribution >= 0.6 is 11.8 Å². The summed E-state index contributed by atoms with van der Waals surface area (Å²) in [7, 11) is 0. The minimum Gasteiger partial charge on any atom is -0.480 e. The van der Waals surface area contributed by atoms with Gasteiger partial charge < -0.3 is 9.84 Å². The molecule has 0 radical (unpaired) electrons. The van der Waals surface area contributed by atoms with Gasteiger partial charge in [0.2, 0.25) is 0 Å². The molecule has 2 aliphatic rings. The number of ether oxygens (including phenoxy) is 1. The molecule has 1 heterocycles. The molecule has 0 amide bonds. The van der Waals surface area contributed by atoms with Crippen LogP contribution in [0.25, 0.3) is 0 Å². The first-order chi connectivity index (χ1) is 9.63. The van der Waals surface area contributed by atoms with Crippen LogP contribution in [0.2, 0.25) is 0 Å². The molecule has 0 bridgehead atoms. The number of hydrogen-bond acceptors (Lipinski definition) is 5.